The molecule has 0 unspecified atom stereocenters. The lowest BCUT2D eigenvalue weighted by molar-refractivity contribution is 0.477. The Bertz CT molecular complexity index is 1050. The summed E-state index contributed by atoms with van der Waals surface area (Å²) in [5, 5.41) is 15.0. The van der Waals surface area contributed by atoms with E-state index >= 15 is 0 Å². The summed E-state index contributed by atoms with van der Waals surface area (Å²) in [6.07, 6.45) is 0. The van der Waals surface area contributed by atoms with Gasteiger partial charge in [0.25, 0.3) is 0 Å². The van der Waals surface area contributed by atoms with Crippen LogP contribution in [0.5, 0.6) is 5.75 Å². The first-order valence-electron chi connectivity index (χ1n) is 8.85. The summed E-state index contributed by atoms with van der Waals surface area (Å²) in [5.41, 5.74) is 5.63. The number of phenolic OH excluding ortho intramolecular Hbond substituents is 1. The zero-order chi connectivity index (χ0) is 18.8. The Morgan fingerprint density at radius 1 is 0.815 bits per heavy atom. The van der Waals surface area contributed by atoms with Gasteiger partial charge in [-0.3, -0.25) is 0 Å². The molecule has 3 aromatic carbocycles. The molecule has 0 aliphatic rings. The molecule has 0 saturated carbocycles. The Morgan fingerprint density at radius 2 is 1.48 bits per heavy atom. The van der Waals surface area contributed by atoms with Crippen LogP contribution in [0.3, 0.4) is 0 Å². The molecule has 0 aliphatic heterocycles. The maximum Gasteiger partial charge on any atom is 0.125 e. The van der Waals surface area contributed by atoms with E-state index in [1.54, 1.807) is 6.07 Å². The molecule has 1 N–H and O–H groups in total. The van der Waals surface area contributed by atoms with Crippen molar-refractivity contribution in [2.24, 2.45) is 0 Å². The summed E-state index contributed by atoms with van der Waals surface area (Å²) >= 11 is 0. The number of rotatable bonds is 4. The number of anilines is 1. The van der Waals surface area contributed by atoms with Crippen molar-refractivity contribution in [3.63, 3.8) is 0 Å². The average Bonchev–Trinajstić information content (AvgIpc) is 3.14. The lowest BCUT2D eigenvalue weighted by atomic mass is 10.1. The number of aromatic nitrogens is 2. The van der Waals surface area contributed by atoms with Crippen LogP contribution in [-0.4, -0.2) is 29.0 Å². The molecule has 0 radical (unpaired) electrons. The predicted molar refractivity (Wildman–Crippen MR) is 110 cm³/mol. The smallest absolute Gasteiger partial charge is 0.125 e. The maximum atomic E-state index is 10.2. The van der Waals surface area contributed by atoms with Crippen molar-refractivity contribution in [3.05, 3.63) is 84.9 Å². The fourth-order valence-corrected chi connectivity index (χ4v) is 3.10. The summed E-state index contributed by atoms with van der Waals surface area (Å²) < 4.78 is 1.92. The van der Waals surface area contributed by atoms with Gasteiger partial charge in [-0.15, -0.1) is 0 Å². The van der Waals surface area contributed by atoms with Gasteiger partial charge in [0.2, 0.25) is 0 Å². The Balaban J connectivity index is 1.88. The van der Waals surface area contributed by atoms with E-state index in [9.17, 15) is 5.11 Å². The third-order valence-corrected chi connectivity index (χ3v) is 4.57. The highest BCUT2D eigenvalue weighted by Gasteiger charge is 2.15. The van der Waals surface area contributed by atoms with Crippen LogP contribution in [0.4, 0.5) is 5.69 Å². The second kappa shape index (κ2) is 7.00. The van der Waals surface area contributed by atoms with Crippen molar-refractivity contribution in [2.45, 2.75) is 0 Å². The van der Waals surface area contributed by atoms with Gasteiger partial charge in [0.05, 0.1) is 17.1 Å². The van der Waals surface area contributed by atoms with Crippen molar-refractivity contribution >= 4 is 5.69 Å². The van der Waals surface area contributed by atoms with E-state index in [4.69, 9.17) is 5.10 Å². The number of phenols is 1. The summed E-state index contributed by atoms with van der Waals surface area (Å²) in [6, 6.07) is 27.7. The molecule has 0 fully saturated rings. The van der Waals surface area contributed by atoms with Gasteiger partial charge in [-0.2, -0.15) is 5.10 Å². The van der Waals surface area contributed by atoms with Crippen LogP contribution < -0.4 is 4.90 Å². The van der Waals surface area contributed by atoms with E-state index in [-0.39, 0.29) is 5.75 Å². The zero-order valence-electron chi connectivity index (χ0n) is 15.4. The number of hydrogen-bond donors (Lipinski definition) is 1. The second-order valence-electron chi connectivity index (χ2n) is 6.62. The minimum Gasteiger partial charge on any atom is -0.507 e. The summed E-state index contributed by atoms with van der Waals surface area (Å²) in [4.78, 5) is 2.08. The van der Waals surface area contributed by atoms with Crippen LogP contribution >= 0.6 is 0 Å². The normalized spacial score (nSPS) is 10.7. The molecule has 1 aromatic heterocycles. The molecule has 4 heteroatoms. The largest absolute Gasteiger partial charge is 0.507 e. The molecule has 0 spiro atoms. The summed E-state index contributed by atoms with van der Waals surface area (Å²) in [5.74, 6) is 0.227. The van der Waals surface area contributed by atoms with Gasteiger partial charge in [0, 0.05) is 30.9 Å². The van der Waals surface area contributed by atoms with Gasteiger partial charge in [-0.1, -0.05) is 42.5 Å². The van der Waals surface area contributed by atoms with Gasteiger partial charge < -0.3 is 10.0 Å². The summed E-state index contributed by atoms with van der Waals surface area (Å²) in [6.45, 7) is 0. The standard InChI is InChI=1S/C23H21N3O/c1-25(2)18-14-12-17(13-15-18)22-16-21(20-10-6-7-11-23(20)27)24-26(22)19-8-4-3-5-9-19/h3-16,27H,1-2H3. The molecule has 0 atom stereocenters. The molecule has 0 bridgehead atoms. The van der Waals surface area contributed by atoms with Crippen molar-refractivity contribution in [1.29, 1.82) is 0 Å². The van der Waals surface area contributed by atoms with Crippen molar-refractivity contribution in [1.82, 2.24) is 9.78 Å². The van der Waals surface area contributed by atoms with E-state index in [1.165, 1.54) is 0 Å². The topological polar surface area (TPSA) is 41.3 Å². The molecule has 134 valence electrons. The number of benzene rings is 3. The van der Waals surface area contributed by atoms with E-state index in [1.807, 2.05) is 73.4 Å². The Morgan fingerprint density at radius 3 is 2.15 bits per heavy atom. The Kier molecular flexibility index (Phi) is 4.38. The highest BCUT2D eigenvalue weighted by molar-refractivity contribution is 5.74. The first kappa shape index (κ1) is 16.9. The monoisotopic (exact) mass is 355 g/mol. The molecule has 4 aromatic rings. The predicted octanol–water partition coefficient (Wildman–Crippen LogP) is 4.98. The summed E-state index contributed by atoms with van der Waals surface area (Å²) in [7, 11) is 4.05. The molecule has 0 amide bonds. The molecule has 0 saturated heterocycles. The minimum atomic E-state index is 0.227. The highest BCUT2D eigenvalue weighted by atomic mass is 16.3. The van der Waals surface area contributed by atoms with Crippen LogP contribution in [0.25, 0.3) is 28.2 Å². The van der Waals surface area contributed by atoms with Crippen molar-refractivity contribution in [2.75, 3.05) is 19.0 Å². The molecular weight excluding hydrogens is 334 g/mol. The second-order valence-corrected chi connectivity index (χ2v) is 6.62. The maximum absolute atomic E-state index is 10.2. The van der Waals surface area contributed by atoms with E-state index in [0.29, 0.717) is 0 Å². The molecule has 27 heavy (non-hydrogen) atoms. The SMILES string of the molecule is CN(C)c1ccc(-c2cc(-c3ccccc3O)nn2-c2ccccc2)cc1. The fraction of sp³-hybridized carbons (Fsp3) is 0.0870. The molecule has 1 heterocycles. The van der Waals surface area contributed by atoms with Crippen LogP contribution in [-0.2, 0) is 0 Å². The molecular formula is C23H21N3O. The van der Waals surface area contributed by atoms with E-state index in [2.05, 4.69) is 29.2 Å². The molecule has 4 rings (SSSR count). The lowest BCUT2D eigenvalue weighted by Gasteiger charge is -2.13. The zero-order valence-corrected chi connectivity index (χ0v) is 15.4. The third kappa shape index (κ3) is 3.29. The average molecular weight is 355 g/mol. The van der Waals surface area contributed by atoms with Crippen LogP contribution in [0.1, 0.15) is 0 Å². The Hall–Kier alpha value is -3.53. The van der Waals surface area contributed by atoms with E-state index in [0.717, 1.165) is 33.9 Å². The van der Waals surface area contributed by atoms with Gasteiger partial charge in [0.15, 0.2) is 0 Å². The van der Waals surface area contributed by atoms with Gasteiger partial charge in [-0.05, 0) is 42.5 Å². The minimum absolute atomic E-state index is 0.227. The van der Waals surface area contributed by atoms with Crippen LogP contribution in [0.2, 0.25) is 0 Å². The van der Waals surface area contributed by atoms with Crippen molar-refractivity contribution < 1.29 is 5.11 Å². The first-order valence-corrected chi connectivity index (χ1v) is 8.85. The fourth-order valence-electron chi connectivity index (χ4n) is 3.10. The Labute approximate surface area is 158 Å². The number of nitrogens with zero attached hydrogens (tertiary/aromatic N) is 3. The third-order valence-electron chi connectivity index (χ3n) is 4.57. The molecule has 0 aliphatic carbocycles. The quantitative estimate of drug-likeness (QED) is 0.561. The van der Waals surface area contributed by atoms with Crippen LogP contribution in [0, 0.1) is 0 Å². The number of para-hydroxylation sites is 2. The number of hydrogen-bond acceptors (Lipinski definition) is 3. The highest BCUT2D eigenvalue weighted by Crippen LogP contribution is 2.33. The van der Waals surface area contributed by atoms with Gasteiger partial charge in [-0.25, -0.2) is 4.68 Å². The first-order chi connectivity index (χ1) is 13.1. The van der Waals surface area contributed by atoms with E-state index < -0.39 is 0 Å². The van der Waals surface area contributed by atoms with Gasteiger partial charge in [0.1, 0.15) is 5.75 Å². The van der Waals surface area contributed by atoms with Gasteiger partial charge >= 0.3 is 0 Å². The number of aromatic hydroxyl groups is 1. The van der Waals surface area contributed by atoms with Crippen LogP contribution in [0.15, 0.2) is 84.9 Å². The lowest BCUT2D eigenvalue weighted by Crippen LogP contribution is -2.08. The molecule has 4 nitrogen and oxygen atoms in total. The van der Waals surface area contributed by atoms with Crippen molar-refractivity contribution in [3.8, 4) is 34.0 Å².